The van der Waals surface area contributed by atoms with E-state index in [4.69, 9.17) is 5.73 Å². The number of hydrogen-bond acceptors (Lipinski definition) is 3. The van der Waals surface area contributed by atoms with Crippen molar-refractivity contribution in [2.24, 2.45) is 11.7 Å². The van der Waals surface area contributed by atoms with E-state index >= 15 is 0 Å². The van der Waals surface area contributed by atoms with E-state index in [2.05, 4.69) is 10.2 Å². The van der Waals surface area contributed by atoms with Gasteiger partial charge in [-0.25, -0.2) is 0 Å². The van der Waals surface area contributed by atoms with Crippen LogP contribution in [0.3, 0.4) is 0 Å². The van der Waals surface area contributed by atoms with Crippen LogP contribution in [0.5, 0.6) is 0 Å². The zero-order valence-corrected chi connectivity index (χ0v) is 14.1. The van der Waals surface area contributed by atoms with E-state index in [1.807, 2.05) is 0 Å². The molecule has 2 amide bonds. The normalized spacial score (nSPS) is 33.0. The van der Waals surface area contributed by atoms with E-state index in [0.29, 0.717) is 24.5 Å². The number of nitrogens with one attached hydrogen (secondary N) is 1. The Hall–Kier alpha value is -1.10. The second-order valence-corrected chi connectivity index (χ2v) is 7.69. The van der Waals surface area contributed by atoms with Crippen LogP contribution in [-0.4, -0.2) is 41.4 Å². The Morgan fingerprint density at radius 1 is 0.957 bits per heavy atom. The quantitative estimate of drug-likeness (QED) is 0.777. The van der Waals surface area contributed by atoms with Gasteiger partial charge < -0.3 is 11.1 Å². The summed E-state index contributed by atoms with van der Waals surface area (Å²) < 4.78 is 0. The second-order valence-electron chi connectivity index (χ2n) is 7.69. The van der Waals surface area contributed by atoms with Gasteiger partial charge in [0.25, 0.3) is 0 Å². The molecule has 0 aromatic rings. The van der Waals surface area contributed by atoms with E-state index in [9.17, 15) is 9.59 Å². The van der Waals surface area contributed by atoms with Crippen LogP contribution < -0.4 is 11.1 Å². The van der Waals surface area contributed by atoms with Crippen molar-refractivity contribution in [3.8, 4) is 0 Å². The number of rotatable bonds is 4. The third-order valence-electron chi connectivity index (χ3n) is 6.10. The number of nitrogens with zero attached hydrogens (tertiary/aromatic N) is 1. The van der Waals surface area contributed by atoms with Gasteiger partial charge in [-0.1, -0.05) is 38.5 Å². The SMILES string of the molecule is NC(=O)[C@@H]1C[C@@H]2CCCC[C@@H]2N1CC(=O)NC1CCCCCC1. The molecule has 3 N–H and O–H groups in total. The molecule has 3 aliphatic rings. The van der Waals surface area contributed by atoms with Gasteiger partial charge in [0.15, 0.2) is 0 Å². The maximum absolute atomic E-state index is 12.5. The number of fused-ring (bicyclic) bond motifs is 1. The first-order valence-corrected chi connectivity index (χ1v) is 9.49. The molecule has 0 unspecified atom stereocenters. The molecular formula is C18H31N3O2. The first kappa shape index (κ1) is 16.7. The molecule has 23 heavy (non-hydrogen) atoms. The van der Waals surface area contributed by atoms with E-state index in [0.717, 1.165) is 25.7 Å². The summed E-state index contributed by atoms with van der Waals surface area (Å²) in [6.45, 7) is 0.339. The number of hydrogen-bond donors (Lipinski definition) is 2. The standard InChI is InChI=1S/C18H31N3O2/c19-18(23)16-11-13-7-5-6-10-15(13)21(16)12-17(22)20-14-8-3-1-2-4-9-14/h13-16H,1-12H2,(H2,19,23)(H,20,22)/t13-,15-,16-/m0/s1. The average Bonchev–Trinajstić information content (AvgIpc) is 2.70. The van der Waals surface area contributed by atoms with Crippen LogP contribution in [0.1, 0.15) is 70.6 Å². The van der Waals surface area contributed by atoms with Crippen LogP contribution in [-0.2, 0) is 9.59 Å². The highest BCUT2D eigenvalue weighted by Crippen LogP contribution is 2.39. The Morgan fingerprint density at radius 3 is 2.30 bits per heavy atom. The summed E-state index contributed by atoms with van der Waals surface area (Å²) in [4.78, 5) is 26.4. The highest BCUT2D eigenvalue weighted by molar-refractivity contribution is 5.83. The Bertz CT molecular complexity index is 432. The molecule has 0 bridgehead atoms. The van der Waals surface area contributed by atoms with Crippen LogP contribution in [0.15, 0.2) is 0 Å². The monoisotopic (exact) mass is 321 g/mol. The van der Waals surface area contributed by atoms with Gasteiger partial charge in [-0.3, -0.25) is 14.5 Å². The Kier molecular flexibility index (Phi) is 5.57. The van der Waals surface area contributed by atoms with Crippen LogP contribution in [0.4, 0.5) is 0 Å². The van der Waals surface area contributed by atoms with Crippen LogP contribution in [0.2, 0.25) is 0 Å². The van der Waals surface area contributed by atoms with Crippen molar-refractivity contribution in [1.29, 1.82) is 0 Å². The number of amides is 2. The minimum atomic E-state index is -0.262. The minimum Gasteiger partial charge on any atom is -0.368 e. The lowest BCUT2D eigenvalue weighted by Crippen LogP contribution is -2.50. The molecule has 1 aliphatic heterocycles. The predicted molar refractivity (Wildman–Crippen MR) is 89.7 cm³/mol. The summed E-state index contributed by atoms with van der Waals surface area (Å²) in [7, 11) is 0. The topological polar surface area (TPSA) is 75.4 Å². The fourth-order valence-corrected chi connectivity index (χ4v) is 4.92. The van der Waals surface area contributed by atoms with Gasteiger partial charge in [0.05, 0.1) is 12.6 Å². The van der Waals surface area contributed by atoms with E-state index < -0.39 is 0 Å². The number of primary amides is 1. The predicted octanol–water partition coefficient (Wildman–Crippen LogP) is 1.94. The molecule has 2 aliphatic carbocycles. The van der Waals surface area contributed by atoms with Gasteiger partial charge >= 0.3 is 0 Å². The summed E-state index contributed by atoms with van der Waals surface area (Å²) in [6.07, 6.45) is 12.7. The first-order chi connectivity index (χ1) is 11.1. The fraction of sp³-hybridized carbons (Fsp3) is 0.889. The number of carbonyl (C=O) groups excluding carboxylic acids is 2. The van der Waals surface area contributed by atoms with E-state index in [1.165, 1.54) is 44.9 Å². The summed E-state index contributed by atoms with van der Waals surface area (Å²) in [5.41, 5.74) is 5.61. The minimum absolute atomic E-state index is 0.0781. The summed E-state index contributed by atoms with van der Waals surface area (Å²) in [5, 5.41) is 3.21. The van der Waals surface area contributed by atoms with Crippen molar-refractivity contribution < 1.29 is 9.59 Å². The Morgan fingerprint density at radius 2 is 1.61 bits per heavy atom. The molecule has 0 radical (unpaired) electrons. The van der Waals surface area contributed by atoms with Crippen molar-refractivity contribution in [1.82, 2.24) is 10.2 Å². The van der Waals surface area contributed by atoms with Crippen LogP contribution in [0.25, 0.3) is 0 Å². The maximum Gasteiger partial charge on any atom is 0.234 e. The lowest BCUT2D eigenvalue weighted by Gasteiger charge is -2.33. The lowest BCUT2D eigenvalue weighted by molar-refractivity contribution is -0.127. The summed E-state index contributed by atoms with van der Waals surface area (Å²) in [6, 6.07) is 0.450. The summed E-state index contributed by atoms with van der Waals surface area (Å²) in [5.74, 6) is 0.364. The van der Waals surface area contributed by atoms with Gasteiger partial charge in [-0.05, 0) is 38.0 Å². The van der Waals surface area contributed by atoms with E-state index in [-0.39, 0.29) is 17.9 Å². The Balaban J connectivity index is 1.59. The average molecular weight is 321 g/mol. The molecule has 0 spiro atoms. The highest BCUT2D eigenvalue weighted by atomic mass is 16.2. The molecule has 0 aromatic heterocycles. The lowest BCUT2D eigenvalue weighted by atomic mass is 9.84. The molecule has 3 rings (SSSR count). The molecule has 5 heteroatoms. The third-order valence-corrected chi connectivity index (χ3v) is 6.10. The number of nitrogens with two attached hydrogens (primary N) is 1. The van der Waals surface area contributed by atoms with Gasteiger partial charge in [0.1, 0.15) is 0 Å². The van der Waals surface area contributed by atoms with Gasteiger partial charge in [-0.15, -0.1) is 0 Å². The Labute approximate surface area is 139 Å². The molecule has 1 saturated heterocycles. The molecule has 0 aromatic carbocycles. The molecule has 2 saturated carbocycles. The molecule has 130 valence electrons. The van der Waals surface area contributed by atoms with Crippen molar-refractivity contribution in [2.75, 3.05) is 6.54 Å². The highest BCUT2D eigenvalue weighted by Gasteiger charge is 2.44. The van der Waals surface area contributed by atoms with Crippen molar-refractivity contribution in [3.63, 3.8) is 0 Å². The summed E-state index contributed by atoms with van der Waals surface area (Å²) >= 11 is 0. The molecule has 3 fully saturated rings. The number of likely N-dealkylation sites (tertiary alicyclic amines) is 1. The molecule has 1 heterocycles. The van der Waals surface area contributed by atoms with E-state index in [1.54, 1.807) is 0 Å². The number of carbonyl (C=O) groups is 2. The third kappa shape index (κ3) is 4.06. The van der Waals surface area contributed by atoms with Gasteiger partial charge in [0.2, 0.25) is 11.8 Å². The second kappa shape index (κ2) is 7.65. The smallest absolute Gasteiger partial charge is 0.234 e. The van der Waals surface area contributed by atoms with Gasteiger partial charge in [-0.2, -0.15) is 0 Å². The zero-order chi connectivity index (χ0) is 16.2. The maximum atomic E-state index is 12.5. The van der Waals surface area contributed by atoms with Crippen LogP contribution in [0, 0.1) is 5.92 Å². The molecule has 3 atom stereocenters. The van der Waals surface area contributed by atoms with Crippen molar-refractivity contribution >= 4 is 11.8 Å². The van der Waals surface area contributed by atoms with Crippen LogP contribution >= 0.6 is 0 Å². The molecular weight excluding hydrogens is 290 g/mol. The zero-order valence-electron chi connectivity index (χ0n) is 14.1. The fourth-order valence-electron chi connectivity index (χ4n) is 4.92. The van der Waals surface area contributed by atoms with Gasteiger partial charge in [0, 0.05) is 12.1 Å². The molecule has 5 nitrogen and oxygen atoms in total. The van der Waals surface area contributed by atoms with Crippen molar-refractivity contribution in [2.45, 2.75) is 88.8 Å². The first-order valence-electron chi connectivity index (χ1n) is 9.49. The largest absolute Gasteiger partial charge is 0.368 e. The van der Waals surface area contributed by atoms with Crippen molar-refractivity contribution in [3.05, 3.63) is 0 Å².